The van der Waals surface area contributed by atoms with Gasteiger partial charge in [0.2, 0.25) is 0 Å². The van der Waals surface area contributed by atoms with Gasteiger partial charge in [-0.1, -0.05) is 23.9 Å². The first-order valence-corrected chi connectivity index (χ1v) is 9.42. The number of nitrogens with zero attached hydrogens (tertiary/aromatic N) is 2. The molecule has 0 saturated carbocycles. The summed E-state index contributed by atoms with van der Waals surface area (Å²) in [6, 6.07) is 7.27. The third-order valence-corrected chi connectivity index (χ3v) is 5.21. The zero-order valence-corrected chi connectivity index (χ0v) is 15.3. The van der Waals surface area contributed by atoms with Crippen molar-refractivity contribution in [1.82, 2.24) is 9.55 Å². The van der Waals surface area contributed by atoms with Crippen molar-refractivity contribution in [3.05, 3.63) is 34.6 Å². The van der Waals surface area contributed by atoms with Gasteiger partial charge in [0.05, 0.1) is 30.2 Å². The molecule has 1 aliphatic rings. The molecular weight excluding hydrogens is 340 g/mol. The zero-order chi connectivity index (χ0) is 17.8. The van der Waals surface area contributed by atoms with Crippen molar-refractivity contribution in [2.75, 3.05) is 13.2 Å². The molecule has 0 N–H and O–H groups in total. The molecule has 0 spiro atoms. The van der Waals surface area contributed by atoms with Gasteiger partial charge in [0, 0.05) is 6.61 Å². The minimum Gasteiger partial charge on any atom is -0.465 e. The number of thioether (sulfide) groups is 1. The molecule has 1 fully saturated rings. The third kappa shape index (κ3) is 4.04. The molecule has 2 unspecified atom stereocenters. The fourth-order valence-corrected chi connectivity index (χ4v) is 3.77. The number of aromatic nitrogens is 2. The summed E-state index contributed by atoms with van der Waals surface area (Å²) in [7, 11) is 0. The second-order valence-corrected chi connectivity index (χ2v) is 7.28. The number of carbonyl (C=O) groups excluding carboxylic acids is 1. The third-order valence-electron chi connectivity index (χ3n) is 4.14. The number of ether oxygens (including phenoxy) is 2. The summed E-state index contributed by atoms with van der Waals surface area (Å²) in [6.07, 6.45) is 1.94. The number of esters is 1. The molecule has 0 radical (unpaired) electrons. The minimum atomic E-state index is -0.441. The summed E-state index contributed by atoms with van der Waals surface area (Å²) in [4.78, 5) is 29.5. The molecule has 0 aliphatic carbocycles. The van der Waals surface area contributed by atoms with Crippen molar-refractivity contribution >= 4 is 28.6 Å². The van der Waals surface area contributed by atoms with Gasteiger partial charge in [0.1, 0.15) is 5.25 Å². The van der Waals surface area contributed by atoms with Crippen LogP contribution in [0.25, 0.3) is 10.9 Å². The second kappa shape index (κ2) is 8.01. The quantitative estimate of drug-likeness (QED) is 0.447. The van der Waals surface area contributed by atoms with Gasteiger partial charge in [-0.3, -0.25) is 14.2 Å². The molecule has 1 aliphatic heterocycles. The van der Waals surface area contributed by atoms with Gasteiger partial charge in [-0.25, -0.2) is 4.98 Å². The smallest absolute Gasteiger partial charge is 0.319 e. The molecule has 0 bridgehead atoms. The highest BCUT2D eigenvalue weighted by Gasteiger charge is 2.23. The van der Waals surface area contributed by atoms with Crippen molar-refractivity contribution in [1.29, 1.82) is 0 Å². The van der Waals surface area contributed by atoms with Crippen LogP contribution in [0.2, 0.25) is 0 Å². The van der Waals surface area contributed by atoms with Crippen molar-refractivity contribution in [2.45, 2.75) is 49.7 Å². The van der Waals surface area contributed by atoms with Crippen LogP contribution in [0.4, 0.5) is 0 Å². The summed E-state index contributed by atoms with van der Waals surface area (Å²) < 4.78 is 12.4. The topological polar surface area (TPSA) is 70.4 Å². The first-order chi connectivity index (χ1) is 12.1. The van der Waals surface area contributed by atoms with E-state index >= 15 is 0 Å². The lowest BCUT2D eigenvalue weighted by Gasteiger charge is -2.18. The Labute approximate surface area is 150 Å². The molecule has 1 saturated heterocycles. The number of benzene rings is 1. The average molecular weight is 362 g/mol. The van der Waals surface area contributed by atoms with Crippen LogP contribution in [0, 0.1) is 0 Å². The molecule has 2 heterocycles. The van der Waals surface area contributed by atoms with E-state index in [9.17, 15) is 9.59 Å². The predicted octanol–water partition coefficient (Wildman–Crippen LogP) is 2.62. The summed E-state index contributed by atoms with van der Waals surface area (Å²) in [6.45, 7) is 5.05. The second-order valence-electron chi connectivity index (χ2n) is 5.97. The lowest BCUT2D eigenvalue weighted by atomic mass is 10.2. The van der Waals surface area contributed by atoms with Gasteiger partial charge in [0.25, 0.3) is 5.56 Å². The van der Waals surface area contributed by atoms with E-state index in [0.29, 0.717) is 29.2 Å². The summed E-state index contributed by atoms with van der Waals surface area (Å²) >= 11 is 1.25. The number of rotatable bonds is 6. The Morgan fingerprint density at radius 3 is 3.00 bits per heavy atom. The van der Waals surface area contributed by atoms with E-state index in [1.54, 1.807) is 24.5 Å². The number of hydrogen-bond acceptors (Lipinski definition) is 6. The van der Waals surface area contributed by atoms with Crippen LogP contribution in [-0.2, 0) is 20.8 Å². The van der Waals surface area contributed by atoms with Gasteiger partial charge in [-0.2, -0.15) is 0 Å². The Bertz CT molecular complexity index is 814. The van der Waals surface area contributed by atoms with E-state index in [1.165, 1.54) is 11.8 Å². The summed E-state index contributed by atoms with van der Waals surface area (Å²) in [5.74, 6) is -0.307. The summed E-state index contributed by atoms with van der Waals surface area (Å²) in [5, 5.41) is 0.664. The zero-order valence-electron chi connectivity index (χ0n) is 14.4. The Balaban J connectivity index is 1.98. The molecule has 134 valence electrons. The van der Waals surface area contributed by atoms with E-state index in [2.05, 4.69) is 4.98 Å². The van der Waals surface area contributed by atoms with E-state index in [4.69, 9.17) is 9.47 Å². The van der Waals surface area contributed by atoms with Gasteiger partial charge in [-0.05, 0) is 38.8 Å². The molecular formula is C18H22N2O4S. The van der Waals surface area contributed by atoms with Crippen molar-refractivity contribution in [3.63, 3.8) is 0 Å². The Hall–Kier alpha value is -1.86. The maximum Gasteiger partial charge on any atom is 0.319 e. The molecule has 25 heavy (non-hydrogen) atoms. The van der Waals surface area contributed by atoms with Crippen LogP contribution in [0.15, 0.2) is 34.2 Å². The highest BCUT2D eigenvalue weighted by molar-refractivity contribution is 8.00. The standard InChI is InChI=1S/C18H22N2O4S/c1-3-23-17(22)12(2)25-18-19-15-9-5-4-8-14(15)16(21)20(18)11-13-7-6-10-24-13/h4-5,8-9,12-13H,3,6-7,10-11H2,1-2H3. The van der Waals surface area contributed by atoms with Gasteiger partial charge >= 0.3 is 5.97 Å². The first-order valence-electron chi connectivity index (χ1n) is 8.54. The molecule has 6 nitrogen and oxygen atoms in total. The maximum absolute atomic E-state index is 13.0. The average Bonchev–Trinajstić information content (AvgIpc) is 3.11. The fourth-order valence-electron chi connectivity index (χ4n) is 2.86. The normalized spacial score (nSPS) is 18.4. The number of carbonyl (C=O) groups is 1. The number of fused-ring (bicyclic) bond motifs is 1. The number of para-hydroxylation sites is 1. The SMILES string of the molecule is CCOC(=O)C(C)Sc1nc2ccccc2c(=O)n1CC1CCCO1. The van der Waals surface area contributed by atoms with Crippen molar-refractivity contribution in [2.24, 2.45) is 0 Å². The van der Waals surface area contributed by atoms with Crippen LogP contribution in [0.1, 0.15) is 26.7 Å². The summed E-state index contributed by atoms with van der Waals surface area (Å²) in [5.41, 5.74) is 0.536. The highest BCUT2D eigenvalue weighted by Crippen LogP contribution is 2.25. The highest BCUT2D eigenvalue weighted by atomic mass is 32.2. The van der Waals surface area contributed by atoms with Crippen LogP contribution < -0.4 is 5.56 Å². The van der Waals surface area contributed by atoms with Crippen LogP contribution in [0.3, 0.4) is 0 Å². The fraction of sp³-hybridized carbons (Fsp3) is 0.500. The van der Waals surface area contributed by atoms with Crippen LogP contribution in [0.5, 0.6) is 0 Å². The van der Waals surface area contributed by atoms with Crippen molar-refractivity contribution < 1.29 is 14.3 Å². The Morgan fingerprint density at radius 2 is 2.28 bits per heavy atom. The number of hydrogen-bond donors (Lipinski definition) is 0. The Kier molecular flexibility index (Phi) is 5.75. The van der Waals surface area contributed by atoms with Gasteiger partial charge < -0.3 is 9.47 Å². The van der Waals surface area contributed by atoms with Gasteiger partial charge in [0.15, 0.2) is 5.16 Å². The predicted molar refractivity (Wildman–Crippen MR) is 96.9 cm³/mol. The first kappa shape index (κ1) is 17.9. The monoisotopic (exact) mass is 362 g/mol. The van der Waals surface area contributed by atoms with Gasteiger partial charge in [-0.15, -0.1) is 0 Å². The van der Waals surface area contributed by atoms with E-state index in [-0.39, 0.29) is 17.6 Å². The molecule has 3 rings (SSSR count). The molecule has 1 aromatic carbocycles. The van der Waals surface area contributed by atoms with Crippen LogP contribution >= 0.6 is 11.8 Å². The largest absolute Gasteiger partial charge is 0.465 e. The lowest BCUT2D eigenvalue weighted by molar-refractivity contribution is -0.142. The molecule has 7 heteroatoms. The van der Waals surface area contributed by atoms with Crippen LogP contribution in [-0.4, -0.2) is 40.1 Å². The van der Waals surface area contributed by atoms with E-state index in [1.807, 2.05) is 18.2 Å². The molecule has 0 amide bonds. The Morgan fingerprint density at radius 1 is 1.48 bits per heavy atom. The van der Waals surface area contributed by atoms with E-state index in [0.717, 1.165) is 19.4 Å². The molecule has 1 aromatic heterocycles. The van der Waals surface area contributed by atoms with E-state index < -0.39 is 5.25 Å². The lowest BCUT2D eigenvalue weighted by Crippen LogP contribution is -2.30. The maximum atomic E-state index is 13.0. The molecule has 2 aromatic rings. The minimum absolute atomic E-state index is 0.0120. The van der Waals surface area contributed by atoms with Crippen molar-refractivity contribution in [3.8, 4) is 0 Å². The molecule has 2 atom stereocenters.